The fraction of sp³-hybridized carbons (Fsp3) is 0.353. The van der Waals surface area contributed by atoms with Gasteiger partial charge in [-0.25, -0.2) is 4.79 Å². The van der Waals surface area contributed by atoms with Crippen LogP contribution in [-0.4, -0.2) is 20.3 Å². The summed E-state index contributed by atoms with van der Waals surface area (Å²) >= 11 is 0. The molecule has 0 saturated carbocycles. The van der Waals surface area contributed by atoms with Crippen molar-refractivity contribution in [2.24, 2.45) is 7.05 Å². The van der Waals surface area contributed by atoms with E-state index in [2.05, 4.69) is 10.4 Å². The Balaban J connectivity index is 1.85. The van der Waals surface area contributed by atoms with Gasteiger partial charge in [-0.3, -0.25) is 14.0 Å². The molecule has 0 unspecified atom stereocenters. The molecule has 0 saturated heterocycles. The van der Waals surface area contributed by atoms with Gasteiger partial charge in [-0.2, -0.15) is 5.10 Å². The van der Waals surface area contributed by atoms with E-state index >= 15 is 0 Å². The maximum absolute atomic E-state index is 12.6. The van der Waals surface area contributed by atoms with Crippen LogP contribution >= 0.6 is 0 Å². The first-order chi connectivity index (χ1) is 11.4. The zero-order valence-corrected chi connectivity index (χ0v) is 14.1. The maximum Gasteiger partial charge on any atom is 0.420 e. The second-order valence-corrected chi connectivity index (χ2v) is 5.92. The number of para-hydroxylation sites is 2. The lowest BCUT2D eigenvalue weighted by atomic mass is 10.1. The molecule has 24 heavy (non-hydrogen) atoms. The summed E-state index contributed by atoms with van der Waals surface area (Å²) in [7, 11) is 1.85. The van der Waals surface area contributed by atoms with Gasteiger partial charge < -0.3 is 9.73 Å². The number of carbonyl (C=O) groups excluding carboxylic acids is 1. The summed E-state index contributed by atoms with van der Waals surface area (Å²) in [5.74, 6) is -0.788. The Labute approximate surface area is 138 Å². The van der Waals surface area contributed by atoms with Crippen molar-refractivity contribution in [3.63, 3.8) is 0 Å². The first-order valence-corrected chi connectivity index (χ1v) is 7.79. The molecule has 126 valence electrons. The number of fused-ring (bicyclic) bond motifs is 1. The first-order valence-electron chi connectivity index (χ1n) is 7.79. The molecule has 0 bridgehead atoms. The Kier molecular flexibility index (Phi) is 4.01. The number of benzene rings is 1. The van der Waals surface area contributed by atoms with Gasteiger partial charge >= 0.3 is 5.76 Å². The largest absolute Gasteiger partial charge is 0.420 e. The van der Waals surface area contributed by atoms with Gasteiger partial charge in [0.05, 0.1) is 17.8 Å². The summed E-state index contributed by atoms with van der Waals surface area (Å²) in [5, 5.41) is 7.13. The van der Waals surface area contributed by atoms with Crippen molar-refractivity contribution in [2.75, 3.05) is 0 Å². The van der Waals surface area contributed by atoms with Crippen molar-refractivity contribution in [3.05, 3.63) is 52.3 Å². The van der Waals surface area contributed by atoms with Crippen molar-refractivity contribution in [1.29, 1.82) is 0 Å². The predicted octanol–water partition coefficient (Wildman–Crippen LogP) is 2.07. The summed E-state index contributed by atoms with van der Waals surface area (Å²) in [4.78, 5) is 24.7. The van der Waals surface area contributed by atoms with Crippen LogP contribution in [-0.2, 0) is 11.8 Å². The molecule has 0 aliphatic carbocycles. The fourth-order valence-corrected chi connectivity index (χ4v) is 2.82. The smallest absolute Gasteiger partial charge is 0.408 e. The second kappa shape index (κ2) is 5.99. The minimum atomic E-state index is -0.680. The van der Waals surface area contributed by atoms with Gasteiger partial charge in [0.1, 0.15) is 6.04 Å². The van der Waals surface area contributed by atoms with Crippen LogP contribution in [0, 0.1) is 6.92 Å². The number of oxazole rings is 1. The van der Waals surface area contributed by atoms with Crippen LogP contribution in [0.15, 0.2) is 39.7 Å². The molecule has 1 amide bonds. The summed E-state index contributed by atoms with van der Waals surface area (Å²) in [6.07, 6.45) is 1.74. The molecule has 3 aromatic rings. The van der Waals surface area contributed by atoms with Gasteiger partial charge in [0.15, 0.2) is 5.58 Å². The standard InChI is InChI=1S/C17H20N4O3/c1-10(13-9-18-20(4)11(13)2)19-16(22)12(3)21-14-7-5-6-8-15(14)24-17(21)23/h5-10,12H,1-4H3,(H,19,22)/t10-,12-/m0/s1. The molecule has 0 aliphatic rings. The molecule has 1 N–H and O–H groups in total. The number of carbonyl (C=O) groups is 1. The van der Waals surface area contributed by atoms with Gasteiger partial charge in [-0.15, -0.1) is 0 Å². The Morgan fingerprint density at radius 2 is 2.00 bits per heavy atom. The van der Waals surface area contributed by atoms with Gasteiger partial charge in [-0.1, -0.05) is 12.1 Å². The lowest BCUT2D eigenvalue weighted by Crippen LogP contribution is -2.36. The highest BCUT2D eigenvalue weighted by molar-refractivity contribution is 5.83. The number of hydrogen-bond donors (Lipinski definition) is 1. The van der Waals surface area contributed by atoms with E-state index in [9.17, 15) is 9.59 Å². The molecule has 1 aromatic carbocycles. The van der Waals surface area contributed by atoms with Crippen LogP contribution in [0.5, 0.6) is 0 Å². The molecular formula is C17H20N4O3. The van der Waals surface area contributed by atoms with Crippen LogP contribution < -0.4 is 11.1 Å². The molecule has 2 aromatic heterocycles. The molecule has 0 fully saturated rings. The van der Waals surface area contributed by atoms with Crippen molar-refractivity contribution >= 4 is 17.0 Å². The van der Waals surface area contributed by atoms with Crippen molar-refractivity contribution in [1.82, 2.24) is 19.7 Å². The molecule has 0 spiro atoms. The number of nitrogens with zero attached hydrogens (tertiary/aromatic N) is 3. The monoisotopic (exact) mass is 328 g/mol. The number of aryl methyl sites for hydroxylation is 1. The Morgan fingerprint density at radius 3 is 2.67 bits per heavy atom. The molecule has 2 atom stereocenters. The predicted molar refractivity (Wildman–Crippen MR) is 89.7 cm³/mol. The van der Waals surface area contributed by atoms with E-state index < -0.39 is 11.8 Å². The maximum atomic E-state index is 12.6. The third-order valence-electron chi connectivity index (χ3n) is 4.38. The van der Waals surface area contributed by atoms with Gasteiger partial charge in [0.25, 0.3) is 0 Å². The van der Waals surface area contributed by atoms with Crippen LogP contribution in [0.4, 0.5) is 0 Å². The average Bonchev–Trinajstić information content (AvgIpc) is 3.06. The molecule has 2 heterocycles. The summed E-state index contributed by atoms with van der Waals surface area (Å²) < 4.78 is 8.32. The zero-order valence-electron chi connectivity index (χ0n) is 14.1. The molecule has 7 nitrogen and oxygen atoms in total. The highest BCUT2D eigenvalue weighted by Crippen LogP contribution is 2.19. The normalized spacial score (nSPS) is 13.8. The summed E-state index contributed by atoms with van der Waals surface area (Å²) in [6, 6.07) is 6.18. The Hall–Kier alpha value is -2.83. The number of amides is 1. The SMILES string of the molecule is Cc1c([C@H](C)NC(=O)[C@H](C)n2c(=O)oc3ccccc32)cnn1C. The topological polar surface area (TPSA) is 82.1 Å². The van der Waals surface area contributed by atoms with E-state index in [0.29, 0.717) is 11.1 Å². The molecular weight excluding hydrogens is 308 g/mol. The van der Waals surface area contributed by atoms with Gasteiger partial charge in [0.2, 0.25) is 5.91 Å². The van der Waals surface area contributed by atoms with E-state index in [1.807, 2.05) is 20.9 Å². The van der Waals surface area contributed by atoms with Gasteiger partial charge in [-0.05, 0) is 32.9 Å². The Morgan fingerprint density at radius 1 is 1.29 bits per heavy atom. The van der Waals surface area contributed by atoms with Crippen LogP contribution in [0.2, 0.25) is 0 Å². The molecule has 7 heteroatoms. The van der Waals surface area contributed by atoms with Crippen LogP contribution in [0.1, 0.15) is 37.2 Å². The van der Waals surface area contributed by atoms with E-state index in [1.54, 1.807) is 42.1 Å². The highest BCUT2D eigenvalue weighted by atomic mass is 16.4. The van der Waals surface area contributed by atoms with Crippen LogP contribution in [0.3, 0.4) is 0 Å². The fourth-order valence-electron chi connectivity index (χ4n) is 2.82. The number of nitrogens with one attached hydrogen (secondary N) is 1. The third kappa shape index (κ3) is 2.62. The second-order valence-electron chi connectivity index (χ2n) is 5.92. The van der Waals surface area contributed by atoms with E-state index in [-0.39, 0.29) is 11.9 Å². The van der Waals surface area contributed by atoms with E-state index in [0.717, 1.165) is 11.3 Å². The number of hydrogen-bond acceptors (Lipinski definition) is 4. The number of aromatic nitrogens is 3. The van der Waals surface area contributed by atoms with Crippen molar-refractivity contribution in [2.45, 2.75) is 32.9 Å². The van der Waals surface area contributed by atoms with E-state index in [1.165, 1.54) is 4.57 Å². The zero-order chi connectivity index (χ0) is 17.4. The minimum absolute atomic E-state index is 0.206. The molecule has 0 radical (unpaired) electrons. The van der Waals surface area contributed by atoms with E-state index in [4.69, 9.17) is 4.42 Å². The average molecular weight is 328 g/mol. The van der Waals surface area contributed by atoms with Crippen molar-refractivity contribution < 1.29 is 9.21 Å². The molecule has 3 rings (SSSR count). The quantitative estimate of drug-likeness (QED) is 0.795. The number of rotatable bonds is 4. The lowest BCUT2D eigenvalue weighted by molar-refractivity contribution is -0.124. The minimum Gasteiger partial charge on any atom is -0.408 e. The third-order valence-corrected chi connectivity index (χ3v) is 4.38. The van der Waals surface area contributed by atoms with Crippen LogP contribution in [0.25, 0.3) is 11.1 Å². The molecule has 0 aliphatic heterocycles. The first kappa shape index (κ1) is 16.0. The summed E-state index contributed by atoms with van der Waals surface area (Å²) in [6.45, 7) is 5.52. The van der Waals surface area contributed by atoms with Gasteiger partial charge in [0, 0.05) is 18.3 Å². The highest BCUT2D eigenvalue weighted by Gasteiger charge is 2.23. The van der Waals surface area contributed by atoms with Crippen molar-refractivity contribution in [3.8, 4) is 0 Å². The lowest BCUT2D eigenvalue weighted by Gasteiger charge is -2.18. The Bertz CT molecular complexity index is 950. The summed E-state index contributed by atoms with van der Waals surface area (Å²) in [5.41, 5.74) is 3.01.